The molecule has 0 amide bonds. The Morgan fingerprint density at radius 1 is 1.03 bits per heavy atom. The first kappa shape index (κ1) is 24.5. The molecule has 0 aliphatic heterocycles. The van der Waals surface area contributed by atoms with E-state index in [-0.39, 0.29) is 0 Å². The molecule has 0 fully saturated rings. The summed E-state index contributed by atoms with van der Waals surface area (Å²) in [6.07, 6.45) is -1.94. The normalized spacial score (nSPS) is 12.7. The summed E-state index contributed by atoms with van der Waals surface area (Å²) in [5.41, 5.74) is 4.94. The van der Waals surface area contributed by atoms with Crippen molar-refractivity contribution < 1.29 is 22.6 Å². The minimum Gasteiger partial charge on any atom is -0.496 e. The summed E-state index contributed by atoms with van der Waals surface area (Å²) in [7, 11) is 3.31. The molecule has 0 aliphatic carbocycles. The third kappa shape index (κ3) is 4.92. The van der Waals surface area contributed by atoms with Crippen LogP contribution in [-0.2, 0) is 11.8 Å². The van der Waals surface area contributed by atoms with E-state index in [0.29, 0.717) is 44.9 Å². The fourth-order valence-corrected chi connectivity index (χ4v) is 4.44. The van der Waals surface area contributed by atoms with Gasteiger partial charge in [-0.05, 0) is 36.8 Å². The number of hydrogen-bond acceptors (Lipinski definition) is 5. The molecule has 0 radical (unpaired) electrons. The highest BCUT2D eigenvalue weighted by atomic mass is 19.4. The van der Waals surface area contributed by atoms with Crippen molar-refractivity contribution in [2.24, 2.45) is 7.05 Å². The molecule has 0 N–H and O–H groups in total. The van der Waals surface area contributed by atoms with Gasteiger partial charge in [0.1, 0.15) is 29.7 Å². The van der Waals surface area contributed by atoms with Crippen molar-refractivity contribution in [3.05, 3.63) is 89.9 Å². The highest BCUT2D eigenvalue weighted by Crippen LogP contribution is 2.39. The summed E-state index contributed by atoms with van der Waals surface area (Å²) in [5, 5.41) is 8.98. The number of halogens is 3. The molecule has 5 aromatic rings. The molecule has 1 atom stereocenters. The molecular weight excluding hydrogens is 483 g/mol. The number of fused-ring (bicyclic) bond motifs is 1. The lowest BCUT2D eigenvalue weighted by atomic mass is 9.99. The molecule has 2 aromatic carbocycles. The lowest BCUT2D eigenvalue weighted by molar-refractivity contribution is -0.182. The van der Waals surface area contributed by atoms with Crippen LogP contribution in [0.4, 0.5) is 13.2 Å². The monoisotopic (exact) mass is 507 g/mol. The van der Waals surface area contributed by atoms with E-state index < -0.39 is 18.9 Å². The van der Waals surface area contributed by atoms with Gasteiger partial charge >= 0.3 is 6.18 Å². The quantitative estimate of drug-likeness (QED) is 0.278. The number of nitrogens with zero attached hydrogens (tertiary/aromatic N) is 5. The van der Waals surface area contributed by atoms with Crippen LogP contribution in [0.1, 0.15) is 22.9 Å². The second-order valence-corrected chi connectivity index (χ2v) is 8.57. The lowest BCUT2D eigenvalue weighted by Gasteiger charge is -2.21. The Balaban J connectivity index is 1.68. The molecule has 5 rings (SSSR count). The van der Waals surface area contributed by atoms with Crippen LogP contribution in [0.5, 0.6) is 5.75 Å². The zero-order valence-electron chi connectivity index (χ0n) is 20.4. The van der Waals surface area contributed by atoms with E-state index in [1.54, 1.807) is 73.0 Å². The van der Waals surface area contributed by atoms with Crippen LogP contribution in [0.15, 0.2) is 73.1 Å². The Morgan fingerprint density at radius 3 is 2.49 bits per heavy atom. The van der Waals surface area contributed by atoms with E-state index in [1.165, 1.54) is 0 Å². The third-order valence-corrected chi connectivity index (χ3v) is 5.96. The minimum absolute atomic E-state index is 0.541. The van der Waals surface area contributed by atoms with Gasteiger partial charge in [-0.1, -0.05) is 30.3 Å². The molecule has 0 saturated heterocycles. The molecule has 190 valence electrons. The molecule has 0 saturated carbocycles. The molecule has 10 heteroatoms. The van der Waals surface area contributed by atoms with Gasteiger partial charge in [0.15, 0.2) is 0 Å². The Kier molecular flexibility index (Phi) is 6.43. The Hall–Kier alpha value is -4.18. The van der Waals surface area contributed by atoms with Gasteiger partial charge in [0.05, 0.1) is 18.3 Å². The summed E-state index contributed by atoms with van der Waals surface area (Å²) in [6.45, 7) is 0.409. The van der Waals surface area contributed by atoms with Gasteiger partial charge in [-0.15, -0.1) is 0 Å². The zero-order valence-corrected chi connectivity index (χ0v) is 20.4. The van der Waals surface area contributed by atoms with Crippen LogP contribution in [-0.4, -0.2) is 44.4 Å². The van der Waals surface area contributed by atoms with Crippen molar-refractivity contribution in [2.75, 3.05) is 13.7 Å². The molecule has 37 heavy (non-hydrogen) atoms. The van der Waals surface area contributed by atoms with Crippen molar-refractivity contribution in [3.8, 4) is 22.7 Å². The van der Waals surface area contributed by atoms with Crippen LogP contribution in [0, 0.1) is 6.92 Å². The van der Waals surface area contributed by atoms with Crippen molar-refractivity contribution >= 4 is 11.0 Å². The SMILES string of the molecule is COc1cc(-n2cccn2)ccc1-c1nn(C)c2c(C(OCC(F)(F)F)c3ccccc3)cc(C)nc12. The van der Waals surface area contributed by atoms with E-state index in [0.717, 1.165) is 5.69 Å². The van der Waals surface area contributed by atoms with Gasteiger partial charge in [0, 0.05) is 42.3 Å². The summed E-state index contributed by atoms with van der Waals surface area (Å²) in [4.78, 5) is 4.73. The second kappa shape index (κ2) is 9.70. The number of rotatable bonds is 7. The van der Waals surface area contributed by atoms with E-state index in [9.17, 15) is 13.2 Å². The van der Waals surface area contributed by atoms with E-state index >= 15 is 0 Å². The molecule has 0 spiro atoms. The highest BCUT2D eigenvalue weighted by Gasteiger charge is 2.32. The molecular formula is C27H24F3N5O2. The summed E-state index contributed by atoms with van der Waals surface area (Å²) >= 11 is 0. The van der Waals surface area contributed by atoms with Gasteiger partial charge in [-0.3, -0.25) is 4.68 Å². The molecule has 0 aliphatic rings. The van der Waals surface area contributed by atoms with Crippen molar-refractivity contribution in [2.45, 2.75) is 19.2 Å². The first-order valence-corrected chi connectivity index (χ1v) is 11.5. The smallest absolute Gasteiger partial charge is 0.411 e. The van der Waals surface area contributed by atoms with Crippen molar-refractivity contribution in [1.82, 2.24) is 24.5 Å². The maximum atomic E-state index is 13.2. The van der Waals surface area contributed by atoms with Gasteiger partial charge in [-0.2, -0.15) is 23.4 Å². The number of benzene rings is 2. The number of methoxy groups -OCH3 is 1. The van der Waals surface area contributed by atoms with Gasteiger partial charge < -0.3 is 9.47 Å². The summed E-state index contributed by atoms with van der Waals surface area (Å²) in [5.74, 6) is 0.561. The van der Waals surface area contributed by atoms with Crippen LogP contribution >= 0.6 is 0 Å². The predicted octanol–water partition coefficient (Wildman–Crippen LogP) is 5.81. The summed E-state index contributed by atoms with van der Waals surface area (Å²) < 4.78 is 54.1. The molecule has 1 unspecified atom stereocenters. The summed E-state index contributed by atoms with van der Waals surface area (Å²) in [6, 6.07) is 18.0. The third-order valence-electron chi connectivity index (χ3n) is 5.96. The van der Waals surface area contributed by atoms with E-state index in [4.69, 9.17) is 19.6 Å². The van der Waals surface area contributed by atoms with Crippen LogP contribution < -0.4 is 4.74 Å². The Morgan fingerprint density at radius 2 is 1.81 bits per heavy atom. The number of aromatic nitrogens is 5. The van der Waals surface area contributed by atoms with E-state index in [1.807, 2.05) is 30.5 Å². The zero-order chi connectivity index (χ0) is 26.2. The van der Waals surface area contributed by atoms with Crippen molar-refractivity contribution in [3.63, 3.8) is 0 Å². The Labute approximate surface area is 211 Å². The number of alkyl halides is 3. The maximum absolute atomic E-state index is 13.2. The first-order valence-electron chi connectivity index (χ1n) is 11.5. The Bertz CT molecular complexity index is 1530. The second-order valence-electron chi connectivity index (χ2n) is 8.57. The van der Waals surface area contributed by atoms with Crippen molar-refractivity contribution in [1.29, 1.82) is 0 Å². The maximum Gasteiger partial charge on any atom is 0.411 e. The fraction of sp³-hybridized carbons (Fsp3) is 0.222. The van der Waals surface area contributed by atoms with Gasteiger partial charge in [0.25, 0.3) is 0 Å². The average Bonchev–Trinajstić information content (AvgIpc) is 3.52. The number of ether oxygens (including phenoxy) is 2. The van der Waals surface area contributed by atoms with Crippen LogP contribution in [0.25, 0.3) is 28.0 Å². The average molecular weight is 508 g/mol. The van der Waals surface area contributed by atoms with Gasteiger partial charge in [0.2, 0.25) is 0 Å². The number of hydrogen-bond donors (Lipinski definition) is 0. The van der Waals surface area contributed by atoms with Crippen LogP contribution in [0.2, 0.25) is 0 Å². The lowest BCUT2D eigenvalue weighted by Crippen LogP contribution is -2.20. The largest absolute Gasteiger partial charge is 0.496 e. The standard InChI is InChI=1S/C27H24F3N5O2/c1-17-14-21(26(37-16-27(28,29)30)18-8-5-4-6-9-18)25-24(32-17)23(33-34(25)2)20-11-10-19(15-22(20)36-3)35-13-7-12-31-35/h4-15,26H,16H2,1-3H3. The molecule has 7 nitrogen and oxygen atoms in total. The molecule has 3 heterocycles. The highest BCUT2D eigenvalue weighted by molar-refractivity contribution is 5.94. The molecule has 3 aromatic heterocycles. The first-order chi connectivity index (χ1) is 17.7. The van der Waals surface area contributed by atoms with Gasteiger partial charge in [-0.25, -0.2) is 9.67 Å². The number of aryl methyl sites for hydroxylation is 2. The minimum atomic E-state index is -4.48. The fourth-order valence-electron chi connectivity index (χ4n) is 4.44. The number of pyridine rings is 1. The van der Waals surface area contributed by atoms with E-state index in [2.05, 4.69) is 5.10 Å². The molecule has 0 bridgehead atoms. The van der Waals surface area contributed by atoms with Crippen LogP contribution in [0.3, 0.4) is 0 Å². The topological polar surface area (TPSA) is 67.0 Å². The predicted molar refractivity (Wildman–Crippen MR) is 133 cm³/mol.